The maximum atomic E-state index is 15.1. The lowest BCUT2D eigenvalue weighted by Gasteiger charge is -2.31. The molecule has 0 bridgehead atoms. The van der Waals surface area contributed by atoms with Crippen LogP contribution < -0.4 is 15.4 Å². The van der Waals surface area contributed by atoms with Gasteiger partial charge in [0.05, 0.1) is 71.8 Å². The van der Waals surface area contributed by atoms with Gasteiger partial charge in [0.15, 0.2) is 6.23 Å². The highest BCUT2D eigenvalue weighted by atomic mass is 35.5. The largest absolute Gasteiger partial charge is 0.469 e. The van der Waals surface area contributed by atoms with Crippen LogP contribution in [0.3, 0.4) is 0 Å². The van der Waals surface area contributed by atoms with Crippen LogP contribution in [0.2, 0.25) is 5.02 Å². The lowest BCUT2D eigenvalue weighted by molar-refractivity contribution is -0.145. The topological polar surface area (TPSA) is 192 Å². The Labute approximate surface area is 404 Å². The second-order valence-electron chi connectivity index (χ2n) is 18.8. The van der Waals surface area contributed by atoms with Gasteiger partial charge in [0.1, 0.15) is 29.6 Å². The number of alkyl carbamates (subject to hydrolysis) is 1. The van der Waals surface area contributed by atoms with Crippen molar-refractivity contribution in [3.8, 4) is 39.5 Å². The number of nitrogens with zero attached hydrogens (tertiary/aromatic N) is 5. The molecule has 6 heterocycles. The van der Waals surface area contributed by atoms with Crippen LogP contribution in [-0.2, 0) is 25.5 Å². The molecule has 0 saturated carbocycles. The van der Waals surface area contributed by atoms with E-state index in [2.05, 4.69) is 42.3 Å². The van der Waals surface area contributed by atoms with Gasteiger partial charge in [-0.25, -0.2) is 19.2 Å². The van der Waals surface area contributed by atoms with Crippen LogP contribution >= 0.6 is 11.6 Å². The van der Waals surface area contributed by atoms with Gasteiger partial charge in [-0.1, -0.05) is 81.8 Å². The number of halogens is 2. The number of methoxy groups -OCH3 is 2. The number of aryl methyl sites for hydroxylation is 1. The summed E-state index contributed by atoms with van der Waals surface area (Å²) in [6.45, 7) is 7.93. The minimum atomic E-state index is -1.36. The molecule has 2 fully saturated rings. The van der Waals surface area contributed by atoms with Crippen molar-refractivity contribution in [1.82, 2.24) is 44.9 Å². The molecule has 0 spiro atoms. The Morgan fingerprint density at radius 1 is 0.899 bits per heavy atom. The first kappa shape index (κ1) is 47.8. The number of likely N-dealkylation sites (tertiary alicyclic amines) is 2. The average Bonchev–Trinajstić information content (AvgIpc) is 4.22. The molecule has 364 valence electrons. The van der Waals surface area contributed by atoms with Crippen molar-refractivity contribution in [1.29, 1.82) is 0 Å². The Morgan fingerprint density at radius 3 is 2.25 bits per heavy atom. The van der Waals surface area contributed by atoms with Gasteiger partial charge in [0.2, 0.25) is 18.2 Å². The molecule has 2 saturated heterocycles. The van der Waals surface area contributed by atoms with E-state index in [0.717, 1.165) is 58.2 Å². The van der Waals surface area contributed by atoms with Crippen LogP contribution in [0.4, 0.5) is 9.18 Å². The van der Waals surface area contributed by atoms with Crippen LogP contribution in [0.1, 0.15) is 88.9 Å². The fourth-order valence-electron chi connectivity index (χ4n) is 10.0. The number of carbonyl (C=O) groups is 3. The smallest absolute Gasteiger partial charge is 0.407 e. The number of fused-ring (bicyclic) bond motifs is 5. The predicted octanol–water partition coefficient (Wildman–Crippen LogP) is 8.46. The zero-order chi connectivity index (χ0) is 48.7. The maximum absolute atomic E-state index is 15.1. The van der Waals surface area contributed by atoms with Crippen molar-refractivity contribution in [3.05, 3.63) is 101 Å². The maximum Gasteiger partial charge on any atom is 0.407 e. The van der Waals surface area contributed by atoms with Crippen LogP contribution in [0.15, 0.2) is 79.1 Å². The van der Waals surface area contributed by atoms with Gasteiger partial charge in [-0.3, -0.25) is 14.9 Å². The molecule has 18 heteroatoms. The predicted molar refractivity (Wildman–Crippen MR) is 259 cm³/mol. The number of H-pyrrole nitrogens is 2. The SMILES string of the molecule is COC(=O)NC(C(=O)N1CCCC1c1ncc(-c2ccc3c(c2)OC(CCc2ccccc2)n2c-3c(Cl)c3cc(-c4cnc(C5CC(F)CN5C(=O)C(NC(O)OC)C(C)C)[nH]4)ccc32)[nH]1)C(C)C. The van der Waals surface area contributed by atoms with Crippen molar-refractivity contribution in [2.24, 2.45) is 11.8 Å². The minimum Gasteiger partial charge on any atom is -0.469 e. The summed E-state index contributed by atoms with van der Waals surface area (Å²) < 4.78 is 34.0. The molecule has 3 aromatic carbocycles. The summed E-state index contributed by atoms with van der Waals surface area (Å²) in [7, 11) is 2.61. The Balaban J connectivity index is 1.02. The van der Waals surface area contributed by atoms with Crippen LogP contribution in [0, 0.1) is 11.8 Å². The summed E-state index contributed by atoms with van der Waals surface area (Å²) in [5.41, 5.74) is 6.81. The van der Waals surface area contributed by atoms with E-state index in [0.29, 0.717) is 41.1 Å². The van der Waals surface area contributed by atoms with E-state index in [-0.39, 0.29) is 42.7 Å². The van der Waals surface area contributed by atoms with Gasteiger partial charge in [-0.05, 0) is 60.9 Å². The lowest BCUT2D eigenvalue weighted by atomic mass is 10.0. The number of amides is 3. The number of aromatic amines is 2. The molecule has 9 rings (SSSR count). The molecule has 3 aliphatic heterocycles. The molecule has 3 aromatic heterocycles. The Hall–Kier alpha value is -6.27. The third-order valence-electron chi connectivity index (χ3n) is 13.6. The van der Waals surface area contributed by atoms with E-state index in [1.165, 1.54) is 24.7 Å². The third-order valence-corrected chi connectivity index (χ3v) is 14.0. The summed E-state index contributed by atoms with van der Waals surface area (Å²) >= 11 is 7.48. The number of benzene rings is 3. The first-order valence-electron chi connectivity index (χ1n) is 23.6. The standard InChI is InChI=1S/C51H59ClFN9O7/c1-27(2)43(58-50(65)67-5)48(63)60-20-10-13-38(60)46-54-25-36(56-46)31-15-17-33-40(22-31)69-41(19-14-29-11-8-7-9-12-29)62-37-18-16-30(21-34(37)42(52)45(33)62)35-24-55-47(57-35)39-23-32(53)26-61(39)49(64)44(28(3)4)59-51(66)68-6/h7-9,11-12,15-18,21-22,24-25,27-28,32,38-39,41,43-44,51,59,66H,10,13-14,19-20,23,26H2,1-6H3,(H,54,56)(H,55,57)(H,58,65). The van der Waals surface area contributed by atoms with E-state index in [9.17, 15) is 19.5 Å². The first-order chi connectivity index (χ1) is 33.2. The lowest BCUT2D eigenvalue weighted by Crippen LogP contribution is -2.53. The number of aliphatic hydroxyl groups excluding tert-OH is 1. The molecular formula is C51H59ClFN9O7. The highest BCUT2D eigenvalue weighted by Gasteiger charge is 2.42. The number of nitrogens with one attached hydrogen (secondary N) is 4. The molecule has 7 unspecified atom stereocenters. The zero-order valence-electron chi connectivity index (χ0n) is 39.5. The monoisotopic (exact) mass is 963 g/mol. The number of hydrogen-bond donors (Lipinski definition) is 5. The van der Waals surface area contributed by atoms with Gasteiger partial charge >= 0.3 is 6.09 Å². The molecule has 0 aliphatic carbocycles. The van der Waals surface area contributed by atoms with Crippen LogP contribution in [0.25, 0.3) is 44.7 Å². The van der Waals surface area contributed by atoms with Gasteiger partial charge in [0, 0.05) is 48.6 Å². The Bertz CT molecular complexity index is 2830. The quantitative estimate of drug-likeness (QED) is 0.0624. The molecule has 16 nitrogen and oxygen atoms in total. The number of alkyl halides is 1. The zero-order valence-corrected chi connectivity index (χ0v) is 40.3. The van der Waals surface area contributed by atoms with Gasteiger partial charge in [-0.2, -0.15) is 0 Å². The molecular weight excluding hydrogens is 905 g/mol. The van der Waals surface area contributed by atoms with Crippen molar-refractivity contribution in [2.75, 3.05) is 27.3 Å². The highest BCUT2D eigenvalue weighted by Crippen LogP contribution is 2.50. The Kier molecular flexibility index (Phi) is 13.8. The molecule has 3 amide bonds. The van der Waals surface area contributed by atoms with Crippen molar-refractivity contribution in [2.45, 2.75) is 103 Å². The second-order valence-corrected chi connectivity index (χ2v) is 19.2. The summed E-state index contributed by atoms with van der Waals surface area (Å²) in [6.07, 6.45) is 2.81. The summed E-state index contributed by atoms with van der Waals surface area (Å²) in [6, 6.07) is 19.8. The fraction of sp³-hybridized carbons (Fsp3) is 0.431. The van der Waals surface area contributed by atoms with Crippen molar-refractivity contribution < 1.29 is 38.1 Å². The number of aromatic nitrogens is 5. The Morgan fingerprint density at radius 2 is 1.57 bits per heavy atom. The van der Waals surface area contributed by atoms with E-state index in [1.807, 2.05) is 82.3 Å². The second kappa shape index (κ2) is 20.0. The highest BCUT2D eigenvalue weighted by molar-refractivity contribution is 6.38. The average molecular weight is 965 g/mol. The van der Waals surface area contributed by atoms with E-state index in [1.54, 1.807) is 17.3 Å². The molecule has 5 N–H and O–H groups in total. The molecule has 7 atom stereocenters. The van der Waals surface area contributed by atoms with Gasteiger partial charge in [0.25, 0.3) is 0 Å². The van der Waals surface area contributed by atoms with Crippen molar-refractivity contribution in [3.63, 3.8) is 0 Å². The van der Waals surface area contributed by atoms with Gasteiger partial charge < -0.3 is 49.0 Å². The number of imidazole rings is 2. The summed E-state index contributed by atoms with van der Waals surface area (Å²) in [4.78, 5) is 59.4. The number of carbonyl (C=O) groups excluding carboxylic acids is 3. The van der Waals surface area contributed by atoms with Crippen LogP contribution in [-0.4, -0.2) is 109 Å². The van der Waals surface area contributed by atoms with E-state index in [4.69, 9.17) is 30.8 Å². The molecule has 69 heavy (non-hydrogen) atoms. The van der Waals surface area contributed by atoms with Crippen molar-refractivity contribution >= 4 is 40.4 Å². The van der Waals surface area contributed by atoms with Gasteiger partial charge in [-0.15, -0.1) is 0 Å². The van der Waals surface area contributed by atoms with Crippen LogP contribution in [0.5, 0.6) is 5.75 Å². The number of rotatable bonds is 15. The molecule has 0 radical (unpaired) electrons. The van der Waals surface area contributed by atoms with E-state index < -0.39 is 43.0 Å². The first-order valence-corrected chi connectivity index (χ1v) is 24.0. The minimum absolute atomic E-state index is 0.0804. The molecule has 3 aliphatic rings. The number of ether oxygens (including phenoxy) is 3. The third kappa shape index (κ3) is 9.44. The normalized spacial score (nSPS) is 20.2. The van der Waals surface area contributed by atoms with E-state index >= 15 is 4.39 Å². The fourth-order valence-corrected chi connectivity index (χ4v) is 10.4. The number of hydrogen-bond acceptors (Lipinski definition) is 10. The summed E-state index contributed by atoms with van der Waals surface area (Å²) in [5, 5.41) is 17.0. The summed E-state index contributed by atoms with van der Waals surface area (Å²) in [5.74, 6) is 0.898. The molecule has 6 aromatic rings. The number of aliphatic hydroxyl groups is 1.